The molecule has 624 valence electrons. The van der Waals surface area contributed by atoms with Crippen LogP contribution in [-0.4, -0.2) is 124 Å². The molecule has 0 bridgehead atoms. The number of carbonyl (C=O) groups excluding carboxylic acids is 6. The van der Waals surface area contributed by atoms with Crippen LogP contribution in [0.5, 0.6) is 0 Å². The zero-order valence-electron chi connectivity index (χ0n) is 71.9. The van der Waals surface area contributed by atoms with Crippen molar-refractivity contribution in [2.75, 3.05) is 72.4 Å². The van der Waals surface area contributed by atoms with Crippen LogP contribution in [0.2, 0.25) is 0 Å². The third kappa shape index (κ3) is 47.8. The van der Waals surface area contributed by atoms with E-state index < -0.39 is 11.9 Å². The number of esters is 6. The SMILES string of the molecule is CC(C)CCCC(C)CCCC1CCC(CCOC(=O)CCN(CCCCOC(=O)C2CCC(CCCC(C)CCCC(C)C)CC2)CC(C)N(CCC(=O)OCCOC(=O)C2CCC(CCCC(C)CCCC(C)C)CC2)CCC(=O)OCCOC(=O)C2CCC(CCCC(C)CCCC(C)C)CC2)CC1. The second kappa shape index (κ2) is 58.6. The summed E-state index contributed by atoms with van der Waals surface area (Å²) in [5.41, 5.74) is 0. The first kappa shape index (κ1) is 96.1. The highest BCUT2D eigenvalue weighted by Gasteiger charge is 2.32. The molecule has 0 spiro atoms. The Morgan fingerprint density at radius 2 is 0.542 bits per heavy atom. The Morgan fingerprint density at radius 1 is 0.271 bits per heavy atom. The molecule has 4 saturated carbocycles. The van der Waals surface area contributed by atoms with Crippen LogP contribution < -0.4 is 0 Å². The fourth-order valence-corrected chi connectivity index (χ4v) is 18.1. The minimum atomic E-state index is -0.417. The lowest BCUT2D eigenvalue weighted by molar-refractivity contribution is -0.156. The van der Waals surface area contributed by atoms with Gasteiger partial charge in [0.2, 0.25) is 0 Å². The molecule has 4 fully saturated rings. The van der Waals surface area contributed by atoms with Gasteiger partial charge in [-0.3, -0.25) is 33.7 Å². The molecule has 4 rings (SSSR count). The molecule has 0 N–H and O–H groups in total. The molecule has 0 aliphatic heterocycles. The van der Waals surface area contributed by atoms with Crippen molar-refractivity contribution < 1.29 is 57.2 Å². The third-order valence-corrected chi connectivity index (χ3v) is 25.7. The second-order valence-corrected chi connectivity index (χ2v) is 37.6. The Morgan fingerprint density at radius 3 is 0.869 bits per heavy atom. The molecule has 14 nitrogen and oxygen atoms in total. The van der Waals surface area contributed by atoms with Crippen molar-refractivity contribution in [2.45, 2.75) is 391 Å². The zero-order chi connectivity index (χ0) is 78.0. The molecule has 0 aromatic carbocycles. The number of hydrogen-bond acceptors (Lipinski definition) is 14. The monoisotopic (exact) mass is 1510 g/mol. The Balaban J connectivity index is 1.31. The average molecular weight is 1510 g/mol. The van der Waals surface area contributed by atoms with E-state index in [2.05, 4.69) is 99.8 Å². The van der Waals surface area contributed by atoms with E-state index in [4.69, 9.17) is 28.4 Å². The normalized spacial score (nSPS) is 22.2. The van der Waals surface area contributed by atoms with Crippen LogP contribution in [0.15, 0.2) is 0 Å². The Labute approximate surface area is 657 Å². The largest absolute Gasteiger partial charge is 0.466 e. The van der Waals surface area contributed by atoms with E-state index in [0.29, 0.717) is 76.0 Å². The van der Waals surface area contributed by atoms with Gasteiger partial charge in [0.05, 0.1) is 50.2 Å². The van der Waals surface area contributed by atoms with E-state index >= 15 is 0 Å². The van der Waals surface area contributed by atoms with Crippen LogP contribution in [0.1, 0.15) is 385 Å². The molecule has 0 saturated heterocycles. The number of carbonyl (C=O) groups is 6. The fraction of sp³-hybridized carbons (Fsp3) is 0.935. The van der Waals surface area contributed by atoms with Gasteiger partial charge in [0.15, 0.2) is 0 Å². The smallest absolute Gasteiger partial charge is 0.309 e. The summed E-state index contributed by atoms with van der Waals surface area (Å²) >= 11 is 0. The van der Waals surface area contributed by atoms with Crippen LogP contribution >= 0.6 is 0 Å². The minimum absolute atomic E-state index is 0.00950. The Hall–Kier alpha value is -3.26. The van der Waals surface area contributed by atoms with Gasteiger partial charge in [-0.25, -0.2) is 0 Å². The molecule has 4 aliphatic carbocycles. The van der Waals surface area contributed by atoms with Gasteiger partial charge < -0.3 is 33.3 Å². The predicted molar refractivity (Wildman–Crippen MR) is 440 cm³/mol. The second-order valence-electron chi connectivity index (χ2n) is 37.6. The number of unbranched alkanes of at least 4 members (excludes halogenated alkanes) is 1. The summed E-state index contributed by atoms with van der Waals surface area (Å²) in [6.45, 7) is 33.2. The minimum Gasteiger partial charge on any atom is -0.466 e. The van der Waals surface area contributed by atoms with Crippen LogP contribution in [0.25, 0.3) is 0 Å². The van der Waals surface area contributed by atoms with Crippen molar-refractivity contribution >= 4 is 35.8 Å². The summed E-state index contributed by atoms with van der Waals surface area (Å²) in [5.74, 6) is 7.94. The molecule has 4 aliphatic rings. The maximum Gasteiger partial charge on any atom is 0.309 e. The van der Waals surface area contributed by atoms with Gasteiger partial charge in [-0.05, 0) is 187 Å². The lowest BCUT2D eigenvalue weighted by Gasteiger charge is -2.33. The number of nitrogens with zero attached hydrogens (tertiary/aromatic N) is 2. The number of ether oxygens (including phenoxy) is 6. The quantitative estimate of drug-likeness (QED) is 0.0321. The molecule has 14 heteroatoms. The summed E-state index contributed by atoms with van der Waals surface area (Å²) in [5, 5.41) is 0. The molecule has 0 heterocycles. The van der Waals surface area contributed by atoms with Crippen molar-refractivity contribution in [3.63, 3.8) is 0 Å². The molecule has 0 aromatic rings. The van der Waals surface area contributed by atoms with Gasteiger partial charge in [-0.2, -0.15) is 0 Å². The first-order chi connectivity index (χ1) is 51.4. The lowest BCUT2D eigenvalue weighted by atomic mass is 9.78. The van der Waals surface area contributed by atoms with Gasteiger partial charge in [-0.1, -0.05) is 263 Å². The standard InChI is InChI=1S/C93H170N2O12/c1-71(2)24-16-28-75(9)32-20-36-80-40-42-84(43-41-80)59-65-102-88(96)56-61-94(60-14-15-64-105-91(99)85-50-44-81(45-51-85)37-21-33-76(10)29-17-25-72(3)4)70-79(13)95(62-57-89(97)103-66-68-106-92(100)86-52-46-82(47-53-86)38-22-34-77(11)30-18-26-73(5)6)63-58-90(98)104-67-69-107-93(101)87-54-48-83(49-55-87)39-23-35-78(12)31-19-27-74(7)8/h71-87H,14-70H2,1-13H3. The van der Waals surface area contributed by atoms with Gasteiger partial charge in [0.25, 0.3) is 0 Å². The first-order valence-electron chi connectivity index (χ1n) is 45.8. The van der Waals surface area contributed by atoms with Crippen LogP contribution in [0.4, 0.5) is 0 Å². The third-order valence-electron chi connectivity index (χ3n) is 25.7. The summed E-state index contributed by atoms with van der Waals surface area (Å²) < 4.78 is 34.7. The summed E-state index contributed by atoms with van der Waals surface area (Å²) in [6, 6.07) is -0.163. The lowest BCUT2D eigenvalue weighted by Crippen LogP contribution is -2.45. The highest BCUT2D eigenvalue weighted by molar-refractivity contribution is 5.74. The van der Waals surface area contributed by atoms with Crippen LogP contribution in [-0.2, 0) is 57.2 Å². The van der Waals surface area contributed by atoms with Gasteiger partial charge >= 0.3 is 35.8 Å². The van der Waals surface area contributed by atoms with E-state index in [1.54, 1.807) is 0 Å². The zero-order valence-corrected chi connectivity index (χ0v) is 71.9. The van der Waals surface area contributed by atoms with Crippen molar-refractivity contribution in [3.05, 3.63) is 0 Å². The van der Waals surface area contributed by atoms with Crippen molar-refractivity contribution in [3.8, 4) is 0 Å². The van der Waals surface area contributed by atoms with Crippen molar-refractivity contribution in [1.29, 1.82) is 0 Å². The van der Waals surface area contributed by atoms with Crippen LogP contribution in [0.3, 0.4) is 0 Å². The van der Waals surface area contributed by atoms with Gasteiger partial charge in [0.1, 0.15) is 26.4 Å². The molecular weight excluding hydrogens is 1340 g/mol. The highest BCUT2D eigenvalue weighted by atomic mass is 16.6. The van der Waals surface area contributed by atoms with Crippen molar-refractivity contribution in [1.82, 2.24) is 9.80 Å². The topological polar surface area (TPSA) is 164 Å². The number of rotatable bonds is 61. The molecule has 0 aromatic heterocycles. The molecule has 0 radical (unpaired) electrons. The maximum atomic E-state index is 13.6. The molecule has 0 amide bonds. The average Bonchev–Trinajstić information content (AvgIpc) is 0.903. The van der Waals surface area contributed by atoms with E-state index in [0.717, 1.165) is 143 Å². The number of hydrogen-bond donors (Lipinski definition) is 0. The van der Waals surface area contributed by atoms with E-state index in [1.165, 1.54) is 180 Å². The predicted octanol–water partition coefficient (Wildman–Crippen LogP) is 23.3. The first-order valence-corrected chi connectivity index (χ1v) is 45.8. The molecule has 107 heavy (non-hydrogen) atoms. The van der Waals surface area contributed by atoms with Gasteiger partial charge in [-0.15, -0.1) is 0 Å². The maximum absolute atomic E-state index is 13.6. The molecule has 5 atom stereocenters. The molecule has 5 unspecified atom stereocenters. The van der Waals surface area contributed by atoms with Crippen molar-refractivity contribution in [2.24, 2.45) is 94.7 Å². The summed E-state index contributed by atoms with van der Waals surface area (Å²) in [6.07, 6.45) is 50.6. The Bertz CT molecular complexity index is 2200. The van der Waals surface area contributed by atoms with Crippen LogP contribution in [0, 0.1) is 94.7 Å². The Kier molecular flexibility index (Phi) is 52.6. The van der Waals surface area contributed by atoms with Gasteiger partial charge in [0, 0.05) is 32.2 Å². The van der Waals surface area contributed by atoms with E-state index in [1.807, 2.05) is 0 Å². The fourth-order valence-electron chi connectivity index (χ4n) is 18.1. The summed E-state index contributed by atoms with van der Waals surface area (Å²) in [7, 11) is 0. The molecular formula is C93H170N2O12. The highest BCUT2D eigenvalue weighted by Crippen LogP contribution is 2.38. The van der Waals surface area contributed by atoms with E-state index in [-0.39, 0.29) is 93.4 Å². The van der Waals surface area contributed by atoms with E-state index in [9.17, 15) is 28.8 Å². The summed E-state index contributed by atoms with van der Waals surface area (Å²) in [4.78, 5) is 84.9.